The molecule has 1 N–H and O–H groups in total. The molecule has 0 spiro atoms. The second kappa shape index (κ2) is 9.85. The molecule has 3 aromatic rings. The minimum absolute atomic E-state index is 0.142. The molecular formula is C22H15Cl2F3N2O2. The van der Waals surface area contributed by atoms with Crippen molar-refractivity contribution in [1.82, 2.24) is 5.43 Å². The second-order valence-corrected chi connectivity index (χ2v) is 7.21. The van der Waals surface area contributed by atoms with Gasteiger partial charge in [-0.25, -0.2) is 5.43 Å². The lowest BCUT2D eigenvalue weighted by atomic mass is 10.1. The summed E-state index contributed by atoms with van der Waals surface area (Å²) in [5.74, 6) is -0.154. The molecule has 0 atom stereocenters. The number of amides is 1. The largest absolute Gasteiger partial charge is 0.489 e. The van der Waals surface area contributed by atoms with Crippen LogP contribution < -0.4 is 10.2 Å². The van der Waals surface area contributed by atoms with E-state index in [4.69, 9.17) is 27.9 Å². The maximum atomic E-state index is 12.7. The molecule has 0 aromatic heterocycles. The highest BCUT2D eigenvalue weighted by Gasteiger charge is 2.30. The topological polar surface area (TPSA) is 50.7 Å². The monoisotopic (exact) mass is 466 g/mol. The van der Waals surface area contributed by atoms with Gasteiger partial charge in [0.1, 0.15) is 12.4 Å². The first kappa shape index (κ1) is 22.7. The van der Waals surface area contributed by atoms with Crippen LogP contribution in [-0.2, 0) is 12.8 Å². The first-order valence-electron chi connectivity index (χ1n) is 8.90. The van der Waals surface area contributed by atoms with Crippen LogP contribution in [0.4, 0.5) is 13.2 Å². The van der Waals surface area contributed by atoms with E-state index in [0.717, 1.165) is 23.8 Å². The summed E-state index contributed by atoms with van der Waals surface area (Å²) in [5, 5.41) is 4.82. The van der Waals surface area contributed by atoms with Crippen molar-refractivity contribution in [1.29, 1.82) is 0 Å². The van der Waals surface area contributed by atoms with Gasteiger partial charge in [-0.3, -0.25) is 4.79 Å². The Kier molecular flexibility index (Phi) is 7.20. The van der Waals surface area contributed by atoms with E-state index in [1.807, 2.05) is 0 Å². The van der Waals surface area contributed by atoms with E-state index in [-0.39, 0.29) is 12.2 Å². The average Bonchev–Trinajstić information content (AvgIpc) is 2.73. The van der Waals surface area contributed by atoms with Gasteiger partial charge in [0.05, 0.1) is 11.8 Å². The molecule has 0 saturated heterocycles. The summed E-state index contributed by atoms with van der Waals surface area (Å²) in [7, 11) is 0. The van der Waals surface area contributed by atoms with Crippen molar-refractivity contribution < 1.29 is 22.7 Å². The third-order valence-corrected chi connectivity index (χ3v) is 4.71. The van der Waals surface area contributed by atoms with Gasteiger partial charge >= 0.3 is 6.18 Å². The fraction of sp³-hybridized carbons (Fsp3) is 0.0909. The number of ether oxygens (including phenoxy) is 1. The Morgan fingerprint density at radius 2 is 1.77 bits per heavy atom. The molecule has 1 amide bonds. The van der Waals surface area contributed by atoms with Gasteiger partial charge in [-0.1, -0.05) is 35.3 Å². The molecule has 160 valence electrons. The van der Waals surface area contributed by atoms with Gasteiger partial charge < -0.3 is 4.74 Å². The summed E-state index contributed by atoms with van der Waals surface area (Å²) in [6.07, 6.45) is -3.16. The SMILES string of the molecule is O=C(N/N=C/c1ccc(OCc2ccc(Cl)cc2Cl)cc1)c1cccc(C(F)(F)F)c1. The Morgan fingerprint density at radius 1 is 1.03 bits per heavy atom. The molecule has 9 heteroatoms. The van der Waals surface area contributed by atoms with Crippen molar-refractivity contribution in [2.45, 2.75) is 12.8 Å². The molecule has 0 radical (unpaired) electrons. The first-order chi connectivity index (χ1) is 14.7. The van der Waals surface area contributed by atoms with Crippen LogP contribution >= 0.6 is 23.2 Å². The van der Waals surface area contributed by atoms with Crippen molar-refractivity contribution in [3.8, 4) is 5.75 Å². The third-order valence-electron chi connectivity index (χ3n) is 4.12. The molecular weight excluding hydrogens is 452 g/mol. The van der Waals surface area contributed by atoms with Gasteiger partial charge in [-0.15, -0.1) is 0 Å². The van der Waals surface area contributed by atoms with Crippen LogP contribution in [0, 0.1) is 0 Å². The minimum atomic E-state index is -4.53. The maximum Gasteiger partial charge on any atom is 0.416 e. The van der Waals surface area contributed by atoms with E-state index in [9.17, 15) is 18.0 Å². The number of benzene rings is 3. The van der Waals surface area contributed by atoms with E-state index >= 15 is 0 Å². The quantitative estimate of drug-likeness (QED) is 0.339. The summed E-state index contributed by atoms with van der Waals surface area (Å²) in [6, 6.07) is 16.1. The molecule has 0 bridgehead atoms. The van der Waals surface area contributed by atoms with E-state index in [0.29, 0.717) is 21.4 Å². The van der Waals surface area contributed by atoms with Crippen LogP contribution in [0.3, 0.4) is 0 Å². The van der Waals surface area contributed by atoms with Gasteiger partial charge in [0.25, 0.3) is 5.91 Å². The number of carbonyl (C=O) groups excluding carboxylic acids is 1. The lowest BCUT2D eigenvalue weighted by Gasteiger charge is -2.08. The Bertz CT molecular complexity index is 1100. The number of hydrogen-bond acceptors (Lipinski definition) is 3. The van der Waals surface area contributed by atoms with E-state index < -0.39 is 17.6 Å². The summed E-state index contributed by atoms with van der Waals surface area (Å²) in [5.41, 5.74) is 2.60. The van der Waals surface area contributed by atoms with Crippen LogP contribution in [0.2, 0.25) is 10.0 Å². The molecule has 0 fully saturated rings. The van der Waals surface area contributed by atoms with Gasteiger partial charge in [-0.2, -0.15) is 18.3 Å². The highest BCUT2D eigenvalue weighted by molar-refractivity contribution is 6.35. The molecule has 4 nitrogen and oxygen atoms in total. The Labute approximate surface area is 186 Å². The predicted octanol–water partition coefficient (Wildman–Crippen LogP) is 6.36. The molecule has 0 aliphatic carbocycles. The summed E-state index contributed by atoms with van der Waals surface area (Å²) in [6.45, 7) is 0.260. The average molecular weight is 467 g/mol. The van der Waals surface area contributed by atoms with Crippen LogP contribution in [-0.4, -0.2) is 12.1 Å². The highest BCUT2D eigenvalue weighted by Crippen LogP contribution is 2.29. The lowest BCUT2D eigenvalue weighted by molar-refractivity contribution is -0.137. The normalized spacial score (nSPS) is 11.5. The molecule has 3 rings (SSSR count). The molecule has 0 saturated carbocycles. The van der Waals surface area contributed by atoms with Crippen molar-refractivity contribution >= 4 is 35.3 Å². The lowest BCUT2D eigenvalue weighted by Crippen LogP contribution is -2.18. The van der Waals surface area contributed by atoms with E-state index in [2.05, 4.69) is 10.5 Å². The third kappa shape index (κ3) is 6.47. The van der Waals surface area contributed by atoms with Gasteiger partial charge in [-0.05, 0) is 60.2 Å². The number of rotatable bonds is 6. The smallest absolute Gasteiger partial charge is 0.416 e. The number of nitrogens with zero attached hydrogens (tertiary/aromatic N) is 1. The number of alkyl halides is 3. The fourth-order valence-corrected chi connectivity index (χ4v) is 2.98. The van der Waals surface area contributed by atoms with Gasteiger partial charge in [0.2, 0.25) is 0 Å². The molecule has 0 aliphatic rings. The summed E-state index contributed by atoms with van der Waals surface area (Å²) >= 11 is 12.0. The minimum Gasteiger partial charge on any atom is -0.489 e. The van der Waals surface area contributed by atoms with Crippen LogP contribution in [0.1, 0.15) is 27.0 Å². The van der Waals surface area contributed by atoms with Gasteiger partial charge in [0.15, 0.2) is 0 Å². The summed E-state index contributed by atoms with van der Waals surface area (Å²) in [4.78, 5) is 12.0. The molecule has 0 heterocycles. The Hall–Kier alpha value is -3.03. The Balaban J connectivity index is 1.55. The van der Waals surface area contributed by atoms with Crippen molar-refractivity contribution in [2.24, 2.45) is 5.10 Å². The van der Waals surface area contributed by atoms with Crippen LogP contribution in [0.5, 0.6) is 5.75 Å². The van der Waals surface area contributed by atoms with Crippen LogP contribution in [0.25, 0.3) is 0 Å². The first-order valence-corrected chi connectivity index (χ1v) is 9.65. The number of carbonyl (C=O) groups is 1. The fourth-order valence-electron chi connectivity index (χ4n) is 2.52. The Morgan fingerprint density at radius 3 is 2.45 bits per heavy atom. The molecule has 0 aliphatic heterocycles. The molecule has 0 unspecified atom stereocenters. The summed E-state index contributed by atoms with van der Waals surface area (Å²) < 4.78 is 43.9. The van der Waals surface area contributed by atoms with Crippen molar-refractivity contribution in [3.63, 3.8) is 0 Å². The zero-order chi connectivity index (χ0) is 22.4. The van der Waals surface area contributed by atoms with Crippen molar-refractivity contribution in [3.05, 3.63) is 99.0 Å². The number of halogens is 5. The maximum absolute atomic E-state index is 12.7. The predicted molar refractivity (Wildman–Crippen MR) is 114 cm³/mol. The zero-order valence-corrected chi connectivity index (χ0v) is 17.3. The van der Waals surface area contributed by atoms with E-state index in [1.165, 1.54) is 12.3 Å². The van der Waals surface area contributed by atoms with Crippen LogP contribution in [0.15, 0.2) is 71.8 Å². The standard InChI is InChI=1S/C22H15Cl2F3N2O2/c23-18-7-6-16(20(24)11-18)13-31-19-8-4-14(5-9-19)12-28-29-21(30)15-2-1-3-17(10-15)22(25,26)27/h1-12H,13H2,(H,29,30)/b28-12+. The number of hydrazone groups is 1. The second-order valence-electron chi connectivity index (χ2n) is 6.37. The number of nitrogens with one attached hydrogen (secondary N) is 1. The molecule has 3 aromatic carbocycles. The zero-order valence-electron chi connectivity index (χ0n) is 15.8. The highest BCUT2D eigenvalue weighted by atomic mass is 35.5. The van der Waals surface area contributed by atoms with Crippen molar-refractivity contribution in [2.75, 3.05) is 0 Å². The van der Waals surface area contributed by atoms with Gasteiger partial charge in [0, 0.05) is 21.2 Å². The number of hydrogen-bond donors (Lipinski definition) is 1. The molecule has 31 heavy (non-hydrogen) atoms. The van der Waals surface area contributed by atoms with E-state index in [1.54, 1.807) is 42.5 Å².